The van der Waals surface area contributed by atoms with Crippen LogP contribution >= 0.6 is 0 Å². The SMILES string of the molecule is Cc1cccc(C)c1N1CCN(S(=O)(=O)c2cccc3c(S(=O)(=O)N4CCN(c5c(C)cccc5C)CC4)cccc23)CC1. The first-order valence-corrected chi connectivity index (χ1v) is 18.0. The van der Waals surface area contributed by atoms with Crippen molar-refractivity contribution in [3.63, 3.8) is 0 Å². The van der Waals surface area contributed by atoms with Crippen molar-refractivity contribution >= 4 is 42.2 Å². The van der Waals surface area contributed by atoms with Gasteiger partial charge in [-0.15, -0.1) is 0 Å². The van der Waals surface area contributed by atoms with Crippen molar-refractivity contribution < 1.29 is 16.8 Å². The van der Waals surface area contributed by atoms with Gasteiger partial charge in [0.25, 0.3) is 0 Å². The van der Waals surface area contributed by atoms with E-state index in [1.165, 1.54) is 42.2 Å². The standard InChI is InChI=1S/C34H40N4O4S2/c1-25-9-5-10-26(2)33(25)35-17-21-37(22-18-35)43(39,40)31-15-7-14-30-29(31)13-8-16-32(30)44(41,42)38-23-19-36(20-24-38)34-27(3)11-6-12-28(34)4/h5-16H,17-24H2,1-4H3. The van der Waals surface area contributed by atoms with E-state index in [0.717, 1.165) is 0 Å². The fraction of sp³-hybridized carbons (Fsp3) is 0.353. The highest BCUT2D eigenvalue weighted by Gasteiger charge is 2.33. The summed E-state index contributed by atoms with van der Waals surface area (Å²) < 4.78 is 59.1. The number of para-hydroxylation sites is 2. The minimum Gasteiger partial charge on any atom is -0.368 e. The Morgan fingerprint density at radius 1 is 0.432 bits per heavy atom. The van der Waals surface area contributed by atoms with Gasteiger partial charge in [0.15, 0.2) is 0 Å². The molecule has 0 spiro atoms. The van der Waals surface area contributed by atoms with Crippen molar-refractivity contribution in [3.8, 4) is 0 Å². The van der Waals surface area contributed by atoms with E-state index in [1.54, 1.807) is 36.4 Å². The van der Waals surface area contributed by atoms with Gasteiger partial charge in [-0.2, -0.15) is 8.61 Å². The number of piperazine rings is 2. The molecule has 0 N–H and O–H groups in total. The Morgan fingerprint density at radius 2 is 0.727 bits per heavy atom. The maximum atomic E-state index is 14.0. The number of sulfonamides is 2. The second-order valence-corrected chi connectivity index (χ2v) is 15.7. The number of anilines is 2. The first-order chi connectivity index (χ1) is 21.0. The van der Waals surface area contributed by atoms with Crippen molar-refractivity contribution in [1.82, 2.24) is 8.61 Å². The smallest absolute Gasteiger partial charge is 0.243 e. The normalized spacial score (nSPS) is 17.4. The van der Waals surface area contributed by atoms with E-state index in [-0.39, 0.29) is 9.79 Å². The molecule has 4 aromatic carbocycles. The Hall–Kier alpha value is -3.44. The number of nitrogens with zero attached hydrogens (tertiary/aromatic N) is 4. The predicted molar refractivity (Wildman–Crippen MR) is 178 cm³/mol. The molecule has 6 rings (SSSR count). The van der Waals surface area contributed by atoms with Crippen LogP contribution in [0, 0.1) is 27.7 Å². The zero-order valence-electron chi connectivity index (χ0n) is 25.8. The summed E-state index contributed by atoms with van der Waals surface area (Å²) in [5, 5.41) is 0.861. The van der Waals surface area contributed by atoms with E-state index in [9.17, 15) is 16.8 Å². The maximum absolute atomic E-state index is 14.0. The number of rotatable bonds is 6. The van der Waals surface area contributed by atoms with Crippen LogP contribution in [0.5, 0.6) is 0 Å². The van der Waals surface area contributed by atoms with Gasteiger partial charge in [0.05, 0.1) is 9.79 Å². The van der Waals surface area contributed by atoms with Crippen LogP contribution in [0.4, 0.5) is 11.4 Å². The molecule has 8 nitrogen and oxygen atoms in total. The van der Waals surface area contributed by atoms with Gasteiger partial charge in [0.2, 0.25) is 20.0 Å². The van der Waals surface area contributed by atoms with E-state index in [0.29, 0.717) is 63.1 Å². The summed E-state index contributed by atoms with van der Waals surface area (Å²) in [7, 11) is -7.71. The first kappa shape index (κ1) is 30.6. The Kier molecular flexibility index (Phi) is 8.21. The van der Waals surface area contributed by atoms with Gasteiger partial charge in [-0.3, -0.25) is 0 Å². The fourth-order valence-electron chi connectivity index (χ4n) is 6.89. The average Bonchev–Trinajstić information content (AvgIpc) is 3.01. The van der Waals surface area contributed by atoms with Gasteiger partial charge in [-0.1, -0.05) is 60.7 Å². The number of hydrogen-bond acceptors (Lipinski definition) is 6. The Bertz CT molecular complexity index is 1750. The van der Waals surface area contributed by atoms with Crippen LogP contribution in [0.3, 0.4) is 0 Å². The van der Waals surface area contributed by atoms with Crippen LogP contribution in [-0.4, -0.2) is 77.8 Å². The Labute approximate surface area is 261 Å². The molecule has 0 aromatic heterocycles. The van der Waals surface area contributed by atoms with Crippen LogP contribution in [0.1, 0.15) is 22.3 Å². The monoisotopic (exact) mass is 632 g/mol. The van der Waals surface area contributed by atoms with E-state index < -0.39 is 20.0 Å². The lowest BCUT2D eigenvalue weighted by atomic mass is 10.1. The molecule has 0 atom stereocenters. The van der Waals surface area contributed by atoms with Crippen LogP contribution in [-0.2, 0) is 20.0 Å². The highest BCUT2D eigenvalue weighted by atomic mass is 32.2. The Morgan fingerprint density at radius 3 is 1.05 bits per heavy atom. The molecule has 2 saturated heterocycles. The summed E-state index contributed by atoms with van der Waals surface area (Å²) in [6.45, 7) is 12.1. The van der Waals surface area contributed by atoms with Crippen molar-refractivity contribution in [2.45, 2.75) is 37.5 Å². The molecule has 0 aliphatic carbocycles. The van der Waals surface area contributed by atoms with Gasteiger partial charge in [0.1, 0.15) is 0 Å². The largest absolute Gasteiger partial charge is 0.368 e. The topological polar surface area (TPSA) is 81.2 Å². The van der Waals surface area contributed by atoms with Crippen molar-refractivity contribution in [1.29, 1.82) is 0 Å². The van der Waals surface area contributed by atoms with E-state index >= 15 is 0 Å². The molecule has 2 fully saturated rings. The van der Waals surface area contributed by atoms with E-state index in [4.69, 9.17) is 0 Å². The van der Waals surface area contributed by atoms with Crippen molar-refractivity contribution in [2.24, 2.45) is 0 Å². The van der Waals surface area contributed by atoms with Crippen LogP contribution in [0.2, 0.25) is 0 Å². The number of aryl methyl sites for hydroxylation is 4. The summed E-state index contributed by atoms with van der Waals surface area (Å²) in [5.74, 6) is 0. The van der Waals surface area contributed by atoms with Gasteiger partial charge < -0.3 is 9.80 Å². The molecule has 0 unspecified atom stereocenters. The quantitative estimate of drug-likeness (QED) is 0.295. The molecule has 10 heteroatoms. The minimum atomic E-state index is -3.86. The molecule has 0 amide bonds. The molecule has 2 aliphatic rings. The van der Waals surface area contributed by atoms with Crippen LogP contribution in [0.15, 0.2) is 82.6 Å². The maximum Gasteiger partial charge on any atom is 0.243 e. The number of benzene rings is 4. The lowest BCUT2D eigenvalue weighted by Crippen LogP contribution is -2.49. The molecule has 0 radical (unpaired) electrons. The lowest BCUT2D eigenvalue weighted by Gasteiger charge is -2.37. The Balaban J connectivity index is 1.25. The predicted octanol–water partition coefficient (Wildman–Crippen LogP) is 5.10. The minimum absolute atomic E-state index is 0.146. The second-order valence-electron chi connectivity index (χ2n) is 11.9. The highest BCUT2D eigenvalue weighted by molar-refractivity contribution is 7.89. The molecule has 232 valence electrons. The molecular weight excluding hydrogens is 593 g/mol. The van der Waals surface area contributed by atoms with Gasteiger partial charge in [-0.25, -0.2) is 16.8 Å². The third kappa shape index (κ3) is 5.38. The summed E-state index contributed by atoms with van der Waals surface area (Å²) in [4.78, 5) is 4.80. The van der Waals surface area contributed by atoms with E-state index in [2.05, 4.69) is 61.8 Å². The summed E-state index contributed by atoms with van der Waals surface area (Å²) in [5.41, 5.74) is 7.04. The van der Waals surface area contributed by atoms with Crippen molar-refractivity contribution in [2.75, 3.05) is 62.2 Å². The average molecular weight is 633 g/mol. The van der Waals surface area contributed by atoms with Gasteiger partial charge in [-0.05, 0) is 62.1 Å². The summed E-state index contributed by atoms with van der Waals surface area (Å²) >= 11 is 0. The van der Waals surface area contributed by atoms with E-state index in [1.807, 2.05) is 12.1 Å². The molecule has 2 heterocycles. The fourth-order valence-corrected chi connectivity index (χ4v) is 10.2. The molecule has 44 heavy (non-hydrogen) atoms. The molecule has 0 saturated carbocycles. The summed E-state index contributed by atoms with van der Waals surface area (Å²) in [6, 6.07) is 22.3. The summed E-state index contributed by atoms with van der Waals surface area (Å²) in [6.07, 6.45) is 0. The third-order valence-electron chi connectivity index (χ3n) is 9.07. The number of hydrogen-bond donors (Lipinski definition) is 0. The van der Waals surface area contributed by atoms with Crippen LogP contribution in [0.25, 0.3) is 10.8 Å². The third-order valence-corrected chi connectivity index (χ3v) is 13.0. The zero-order valence-corrected chi connectivity index (χ0v) is 27.5. The first-order valence-electron chi connectivity index (χ1n) is 15.1. The van der Waals surface area contributed by atoms with Crippen molar-refractivity contribution in [3.05, 3.63) is 95.1 Å². The molecular formula is C34H40N4O4S2. The molecule has 0 bridgehead atoms. The highest BCUT2D eigenvalue weighted by Crippen LogP contribution is 2.34. The number of fused-ring (bicyclic) bond motifs is 1. The zero-order chi connectivity index (χ0) is 31.2. The van der Waals surface area contributed by atoms with Gasteiger partial charge >= 0.3 is 0 Å². The second kappa shape index (κ2) is 11.8. The van der Waals surface area contributed by atoms with Gasteiger partial charge in [0, 0.05) is 74.5 Å². The molecule has 2 aliphatic heterocycles. The lowest BCUT2D eigenvalue weighted by molar-refractivity contribution is 0.384. The van der Waals surface area contributed by atoms with Crippen LogP contribution < -0.4 is 9.80 Å². The molecule has 4 aromatic rings.